The van der Waals surface area contributed by atoms with Gasteiger partial charge in [0.15, 0.2) is 5.82 Å². The second kappa shape index (κ2) is 6.45. The van der Waals surface area contributed by atoms with Crippen LogP contribution in [0, 0.1) is 6.92 Å². The molecule has 1 amide bonds. The first-order valence-corrected chi connectivity index (χ1v) is 7.87. The number of piperidine rings is 1. The van der Waals surface area contributed by atoms with Gasteiger partial charge in [-0.15, -0.1) is 0 Å². The molecular weight excluding hydrogens is 318 g/mol. The highest BCUT2D eigenvalue weighted by Crippen LogP contribution is 2.18. The zero-order valence-corrected chi connectivity index (χ0v) is 13.5. The van der Waals surface area contributed by atoms with Crippen molar-refractivity contribution in [3.8, 4) is 0 Å². The minimum Gasteiger partial charge on any atom is -0.355 e. The van der Waals surface area contributed by atoms with Gasteiger partial charge in [0.1, 0.15) is 5.02 Å². The molecule has 0 aliphatic carbocycles. The maximum Gasteiger partial charge on any atom is 0.266 e. The topological polar surface area (TPSA) is 93.9 Å². The average Bonchev–Trinajstić information content (AvgIpc) is 2.97. The Bertz CT molecular complexity index is 761. The molecule has 3 N–H and O–H groups in total. The van der Waals surface area contributed by atoms with Crippen molar-refractivity contribution in [2.75, 3.05) is 18.0 Å². The van der Waals surface area contributed by atoms with Crippen LogP contribution in [-0.4, -0.2) is 40.2 Å². The standard InChI is InChI=1S/C15H18ClN5O2/c1-9-6-13(20-19-9)21-4-2-11(3-5-21)18-14(22)10-7-12(16)15(23)17-8-10/h6-8,11H,2-5H2,1H3,(H,17,23)(H,18,22)(H,19,20). The van der Waals surface area contributed by atoms with Crippen LogP contribution in [-0.2, 0) is 0 Å². The number of amides is 1. The Kier molecular flexibility index (Phi) is 4.38. The van der Waals surface area contributed by atoms with E-state index in [0.29, 0.717) is 5.56 Å². The fourth-order valence-corrected chi connectivity index (χ4v) is 2.85. The normalized spacial score (nSPS) is 15.7. The number of carbonyl (C=O) groups excluding carboxylic acids is 1. The van der Waals surface area contributed by atoms with Crippen molar-refractivity contribution in [1.82, 2.24) is 20.5 Å². The molecule has 2 aromatic rings. The molecule has 7 nitrogen and oxygen atoms in total. The number of carbonyl (C=O) groups is 1. The smallest absolute Gasteiger partial charge is 0.266 e. The van der Waals surface area contributed by atoms with Gasteiger partial charge in [-0.3, -0.25) is 14.7 Å². The van der Waals surface area contributed by atoms with Gasteiger partial charge < -0.3 is 15.2 Å². The fourth-order valence-electron chi connectivity index (χ4n) is 2.67. The highest BCUT2D eigenvalue weighted by atomic mass is 35.5. The lowest BCUT2D eigenvalue weighted by molar-refractivity contribution is 0.0930. The number of aryl methyl sites for hydroxylation is 1. The lowest BCUT2D eigenvalue weighted by atomic mass is 10.0. The second-order valence-electron chi connectivity index (χ2n) is 5.71. The summed E-state index contributed by atoms with van der Waals surface area (Å²) >= 11 is 5.75. The second-order valence-corrected chi connectivity index (χ2v) is 6.12. The largest absolute Gasteiger partial charge is 0.355 e. The summed E-state index contributed by atoms with van der Waals surface area (Å²) in [6, 6.07) is 3.50. The molecule has 3 rings (SSSR count). The molecule has 1 fully saturated rings. The van der Waals surface area contributed by atoms with Crippen LogP contribution in [0.15, 0.2) is 23.1 Å². The summed E-state index contributed by atoms with van der Waals surface area (Å²) < 4.78 is 0. The molecule has 1 aliphatic rings. The summed E-state index contributed by atoms with van der Waals surface area (Å²) in [7, 11) is 0. The molecule has 8 heteroatoms. The molecule has 122 valence electrons. The molecule has 0 aromatic carbocycles. The third-order valence-corrected chi connectivity index (χ3v) is 4.25. The Labute approximate surface area is 138 Å². The number of rotatable bonds is 3. The van der Waals surface area contributed by atoms with Crippen molar-refractivity contribution in [3.63, 3.8) is 0 Å². The Morgan fingerprint density at radius 2 is 2.13 bits per heavy atom. The maximum atomic E-state index is 12.2. The summed E-state index contributed by atoms with van der Waals surface area (Å²) in [6.45, 7) is 3.64. The van der Waals surface area contributed by atoms with E-state index < -0.39 is 5.56 Å². The van der Waals surface area contributed by atoms with E-state index in [-0.39, 0.29) is 17.0 Å². The SMILES string of the molecule is Cc1cc(N2CCC(NC(=O)c3c[nH]c(=O)c(Cl)c3)CC2)n[nH]1. The van der Waals surface area contributed by atoms with Crippen LogP contribution in [0.5, 0.6) is 0 Å². The van der Waals surface area contributed by atoms with Gasteiger partial charge in [-0.1, -0.05) is 11.6 Å². The number of nitrogens with one attached hydrogen (secondary N) is 3. The summed E-state index contributed by atoms with van der Waals surface area (Å²) in [5.41, 5.74) is 0.996. The van der Waals surface area contributed by atoms with E-state index in [9.17, 15) is 9.59 Å². The van der Waals surface area contributed by atoms with E-state index in [4.69, 9.17) is 11.6 Å². The van der Waals surface area contributed by atoms with Gasteiger partial charge in [0.25, 0.3) is 11.5 Å². The molecule has 0 bridgehead atoms. The molecule has 0 radical (unpaired) electrons. The van der Waals surface area contributed by atoms with E-state index in [2.05, 4.69) is 25.4 Å². The first kappa shape index (κ1) is 15.6. The van der Waals surface area contributed by atoms with Crippen LogP contribution in [0.3, 0.4) is 0 Å². The van der Waals surface area contributed by atoms with E-state index in [1.54, 1.807) is 0 Å². The monoisotopic (exact) mass is 335 g/mol. The first-order valence-electron chi connectivity index (χ1n) is 7.49. The molecule has 0 spiro atoms. The van der Waals surface area contributed by atoms with E-state index in [0.717, 1.165) is 37.4 Å². The Balaban J connectivity index is 1.57. The average molecular weight is 336 g/mol. The van der Waals surface area contributed by atoms with Crippen LogP contribution >= 0.6 is 11.6 Å². The van der Waals surface area contributed by atoms with Crippen molar-refractivity contribution >= 4 is 23.3 Å². The first-order chi connectivity index (χ1) is 11.0. The Morgan fingerprint density at radius 3 is 2.74 bits per heavy atom. The summed E-state index contributed by atoms with van der Waals surface area (Å²) in [4.78, 5) is 28.1. The van der Waals surface area contributed by atoms with E-state index in [1.165, 1.54) is 12.3 Å². The quantitative estimate of drug-likeness (QED) is 0.791. The lowest BCUT2D eigenvalue weighted by Gasteiger charge is -2.32. The molecule has 0 saturated carbocycles. The Morgan fingerprint density at radius 1 is 1.39 bits per heavy atom. The minimum atomic E-state index is -0.397. The van der Waals surface area contributed by atoms with Crippen LogP contribution in [0.25, 0.3) is 0 Å². The number of pyridine rings is 1. The fraction of sp³-hybridized carbons (Fsp3) is 0.400. The molecule has 0 unspecified atom stereocenters. The number of H-pyrrole nitrogens is 2. The molecular formula is C15H18ClN5O2. The Hall–Kier alpha value is -2.28. The van der Waals surface area contributed by atoms with E-state index >= 15 is 0 Å². The third-order valence-electron chi connectivity index (χ3n) is 3.97. The van der Waals surface area contributed by atoms with Crippen molar-refractivity contribution in [1.29, 1.82) is 0 Å². The van der Waals surface area contributed by atoms with Gasteiger partial charge in [-0.05, 0) is 25.8 Å². The van der Waals surface area contributed by atoms with Crippen molar-refractivity contribution in [2.24, 2.45) is 0 Å². The number of halogens is 1. The van der Waals surface area contributed by atoms with Gasteiger partial charge in [0, 0.05) is 37.1 Å². The highest BCUT2D eigenvalue weighted by molar-refractivity contribution is 6.30. The third kappa shape index (κ3) is 3.56. The predicted molar refractivity (Wildman–Crippen MR) is 88.1 cm³/mol. The van der Waals surface area contributed by atoms with Crippen LogP contribution < -0.4 is 15.8 Å². The zero-order chi connectivity index (χ0) is 16.4. The van der Waals surface area contributed by atoms with Crippen molar-refractivity contribution in [3.05, 3.63) is 45.0 Å². The zero-order valence-electron chi connectivity index (χ0n) is 12.7. The van der Waals surface area contributed by atoms with Crippen LogP contribution in [0.1, 0.15) is 28.9 Å². The molecule has 0 atom stereocenters. The lowest BCUT2D eigenvalue weighted by Crippen LogP contribution is -2.45. The minimum absolute atomic E-state index is 0.0152. The number of anilines is 1. The summed E-state index contributed by atoms with van der Waals surface area (Å²) in [6.07, 6.45) is 3.06. The van der Waals surface area contributed by atoms with Crippen LogP contribution in [0.2, 0.25) is 5.02 Å². The number of hydrogen-bond donors (Lipinski definition) is 3. The predicted octanol–water partition coefficient (Wildman–Crippen LogP) is 1.46. The van der Waals surface area contributed by atoms with Gasteiger partial charge in [-0.2, -0.15) is 5.10 Å². The van der Waals surface area contributed by atoms with Gasteiger partial charge in [0.05, 0.1) is 5.56 Å². The summed E-state index contributed by atoms with van der Waals surface area (Å²) in [5.74, 6) is 0.719. The van der Waals surface area contributed by atoms with Crippen molar-refractivity contribution in [2.45, 2.75) is 25.8 Å². The number of aromatic nitrogens is 3. The number of nitrogens with zero attached hydrogens (tertiary/aromatic N) is 2. The van der Waals surface area contributed by atoms with Crippen LogP contribution in [0.4, 0.5) is 5.82 Å². The van der Waals surface area contributed by atoms with Gasteiger partial charge in [0.2, 0.25) is 0 Å². The molecule has 2 aromatic heterocycles. The van der Waals surface area contributed by atoms with E-state index in [1.807, 2.05) is 13.0 Å². The molecule has 23 heavy (non-hydrogen) atoms. The molecule has 3 heterocycles. The number of aromatic amines is 2. The van der Waals surface area contributed by atoms with Gasteiger partial charge in [-0.25, -0.2) is 0 Å². The van der Waals surface area contributed by atoms with Crippen molar-refractivity contribution < 1.29 is 4.79 Å². The summed E-state index contributed by atoms with van der Waals surface area (Å²) in [5, 5.41) is 10.2. The highest BCUT2D eigenvalue weighted by Gasteiger charge is 2.22. The maximum absolute atomic E-state index is 12.2. The number of hydrogen-bond acceptors (Lipinski definition) is 4. The van der Waals surface area contributed by atoms with Gasteiger partial charge >= 0.3 is 0 Å². The molecule has 1 aliphatic heterocycles. The molecule has 1 saturated heterocycles.